The van der Waals surface area contributed by atoms with Crippen molar-refractivity contribution in [2.24, 2.45) is 10.2 Å². The van der Waals surface area contributed by atoms with Gasteiger partial charge in [0, 0.05) is 10.4 Å². The fraction of sp³-hybridized carbons (Fsp3) is 0.0588. The maximum Gasteiger partial charge on any atom is 0.296 e. The molecule has 0 spiro atoms. The molecule has 3 aromatic rings. The standard InChI is InChI=1S/C17H13ClN2O4S/c1-10-8-14(16(9-13(10)18)25(22,23)24)19-20-17-12-5-3-2-4-11(12)6-7-15(17)21/h2-9,21H,1H3,(H,22,23,24). The number of phenols is 1. The van der Waals surface area contributed by atoms with Crippen LogP contribution in [-0.4, -0.2) is 18.1 Å². The van der Waals surface area contributed by atoms with E-state index >= 15 is 0 Å². The zero-order chi connectivity index (χ0) is 18.2. The molecule has 3 aromatic carbocycles. The van der Waals surface area contributed by atoms with Gasteiger partial charge in [0.2, 0.25) is 0 Å². The lowest BCUT2D eigenvalue weighted by Gasteiger charge is -2.06. The van der Waals surface area contributed by atoms with E-state index in [1.54, 1.807) is 25.1 Å². The lowest BCUT2D eigenvalue weighted by atomic mass is 10.1. The van der Waals surface area contributed by atoms with Crippen LogP contribution < -0.4 is 0 Å². The minimum atomic E-state index is -4.53. The quantitative estimate of drug-likeness (QED) is 0.486. The molecule has 128 valence electrons. The van der Waals surface area contributed by atoms with Crippen LogP contribution in [0.2, 0.25) is 5.02 Å². The minimum absolute atomic E-state index is 0.0725. The van der Waals surface area contributed by atoms with E-state index in [-0.39, 0.29) is 22.1 Å². The first-order valence-corrected chi connectivity index (χ1v) is 8.99. The van der Waals surface area contributed by atoms with Gasteiger partial charge in [-0.15, -0.1) is 10.2 Å². The molecule has 0 unspecified atom stereocenters. The number of phenolic OH excluding ortho intramolecular Hbond substituents is 1. The molecule has 0 aliphatic carbocycles. The maximum absolute atomic E-state index is 11.6. The summed E-state index contributed by atoms with van der Waals surface area (Å²) in [7, 11) is -4.53. The van der Waals surface area contributed by atoms with Crippen molar-refractivity contribution in [1.82, 2.24) is 0 Å². The summed E-state index contributed by atoms with van der Waals surface area (Å²) in [6.07, 6.45) is 0. The number of hydrogen-bond acceptors (Lipinski definition) is 5. The van der Waals surface area contributed by atoms with Crippen LogP contribution in [0.3, 0.4) is 0 Å². The molecule has 0 fully saturated rings. The molecule has 6 nitrogen and oxygen atoms in total. The molecule has 0 aliphatic heterocycles. The maximum atomic E-state index is 11.6. The Bertz CT molecular complexity index is 1110. The molecule has 0 saturated carbocycles. The van der Waals surface area contributed by atoms with E-state index in [2.05, 4.69) is 10.2 Å². The van der Waals surface area contributed by atoms with Crippen molar-refractivity contribution in [3.63, 3.8) is 0 Å². The summed E-state index contributed by atoms with van der Waals surface area (Å²) in [6.45, 7) is 1.67. The largest absolute Gasteiger partial charge is 0.506 e. The number of nitrogens with zero attached hydrogens (tertiary/aromatic N) is 2. The zero-order valence-electron chi connectivity index (χ0n) is 13.0. The molecule has 0 heterocycles. The fourth-order valence-corrected chi connectivity index (χ4v) is 3.24. The lowest BCUT2D eigenvalue weighted by molar-refractivity contribution is 0.477. The van der Waals surface area contributed by atoms with Gasteiger partial charge in [0.25, 0.3) is 10.1 Å². The molecule has 0 aromatic heterocycles. The van der Waals surface area contributed by atoms with Crippen molar-refractivity contribution in [3.8, 4) is 5.75 Å². The van der Waals surface area contributed by atoms with Crippen LogP contribution in [0.5, 0.6) is 5.75 Å². The van der Waals surface area contributed by atoms with Crippen LogP contribution in [0.25, 0.3) is 10.8 Å². The van der Waals surface area contributed by atoms with E-state index in [1.807, 2.05) is 12.1 Å². The Morgan fingerprint density at radius 2 is 1.76 bits per heavy atom. The summed E-state index contributed by atoms with van der Waals surface area (Å²) < 4.78 is 32.5. The smallest absolute Gasteiger partial charge is 0.296 e. The molecule has 0 aliphatic rings. The second-order valence-corrected chi connectivity index (χ2v) is 7.20. The molecule has 0 bridgehead atoms. The lowest BCUT2D eigenvalue weighted by Crippen LogP contribution is -1.99. The fourth-order valence-electron chi connectivity index (χ4n) is 2.39. The number of hydrogen-bond donors (Lipinski definition) is 2. The highest BCUT2D eigenvalue weighted by Crippen LogP contribution is 2.37. The van der Waals surface area contributed by atoms with Crippen LogP contribution >= 0.6 is 11.6 Å². The zero-order valence-corrected chi connectivity index (χ0v) is 14.6. The van der Waals surface area contributed by atoms with E-state index in [0.29, 0.717) is 10.9 Å². The van der Waals surface area contributed by atoms with Gasteiger partial charge >= 0.3 is 0 Å². The van der Waals surface area contributed by atoms with Gasteiger partial charge in [0.05, 0.1) is 0 Å². The molecule has 2 N–H and O–H groups in total. The Labute approximate surface area is 149 Å². The topological polar surface area (TPSA) is 99.3 Å². The van der Waals surface area contributed by atoms with Crippen LogP contribution in [0.4, 0.5) is 11.4 Å². The van der Waals surface area contributed by atoms with Gasteiger partial charge in [-0.3, -0.25) is 4.55 Å². The van der Waals surface area contributed by atoms with Crippen molar-refractivity contribution < 1.29 is 18.1 Å². The van der Waals surface area contributed by atoms with Gasteiger partial charge in [-0.25, -0.2) is 0 Å². The molecule has 0 radical (unpaired) electrons. The molecule has 3 rings (SSSR count). The number of aryl methyl sites for hydroxylation is 1. The summed E-state index contributed by atoms with van der Waals surface area (Å²) in [4.78, 5) is -0.452. The highest BCUT2D eigenvalue weighted by molar-refractivity contribution is 7.86. The number of halogens is 1. The number of azo groups is 1. The Morgan fingerprint density at radius 1 is 1.04 bits per heavy atom. The van der Waals surface area contributed by atoms with Gasteiger partial charge in [-0.1, -0.05) is 41.9 Å². The van der Waals surface area contributed by atoms with Crippen molar-refractivity contribution >= 4 is 43.9 Å². The van der Waals surface area contributed by atoms with E-state index in [0.717, 1.165) is 11.5 Å². The third-order valence-electron chi connectivity index (χ3n) is 3.66. The number of fused-ring (bicyclic) bond motifs is 1. The number of aromatic hydroxyl groups is 1. The summed E-state index contributed by atoms with van der Waals surface area (Å²) in [5.41, 5.74) is 0.703. The van der Waals surface area contributed by atoms with Crippen molar-refractivity contribution in [2.45, 2.75) is 11.8 Å². The molecular formula is C17H13ClN2O4S. The highest BCUT2D eigenvalue weighted by Gasteiger charge is 2.18. The van der Waals surface area contributed by atoms with Crippen LogP contribution in [0, 0.1) is 6.92 Å². The van der Waals surface area contributed by atoms with E-state index < -0.39 is 15.0 Å². The Hall–Kier alpha value is -2.48. The molecule has 0 amide bonds. The first kappa shape index (κ1) is 17.3. The van der Waals surface area contributed by atoms with E-state index in [9.17, 15) is 18.1 Å². The summed E-state index contributed by atoms with van der Waals surface area (Å²) in [5.74, 6) is -0.0958. The van der Waals surface area contributed by atoms with Crippen molar-refractivity contribution in [1.29, 1.82) is 0 Å². The average Bonchev–Trinajstić information content (AvgIpc) is 2.55. The summed E-state index contributed by atoms with van der Waals surface area (Å²) in [6, 6.07) is 13.0. The van der Waals surface area contributed by atoms with Crippen LogP contribution in [-0.2, 0) is 10.1 Å². The number of rotatable bonds is 3. The minimum Gasteiger partial charge on any atom is -0.506 e. The summed E-state index contributed by atoms with van der Waals surface area (Å²) in [5, 5.41) is 19.7. The Kier molecular flexibility index (Phi) is 4.47. The monoisotopic (exact) mass is 376 g/mol. The third kappa shape index (κ3) is 3.48. The predicted molar refractivity (Wildman–Crippen MR) is 95.8 cm³/mol. The van der Waals surface area contributed by atoms with E-state index in [4.69, 9.17) is 11.6 Å². The van der Waals surface area contributed by atoms with Gasteiger partial charge in [0.1, 0.15) is 22.0 Å². The highest BCUT2D eigenvalue weighted by atomic mass is 35.5. The molecular weight excluding hydrogens is 364 g/mol. The molecule has 0 atom stereocenters. The second kappa shape index (κ2) is 6.44. The predicted octanol–water partition coefficient (Wildman–Crippen LogP) is 5.17. The normalized spacial score (nSPS) is 12.1. The average molecular weight is 377 g/mol. The van der Waals surface area contributed by atoms with Gasteiger partial charge < -0.3 is 5.11 Å². The number of benzene rings is 3. The van der Waals surface area contributed by atoms with Crippen molar-refractivity contribution in [3.05, 3.63) is 59.1 Å². The van der Waals surface area contributed by atoms with Gasteiger partial charge in [-0.05, 0) is 36.1 Å². The first-order chi connectivity index (χ1) is 11.8. The van der Waals surface area contributed by atoms with E-state index in [1.165, 1.54) is 12.1 Å². The second-order valence-electron chi connectivity index (χ2n) is 5.40. The SMILES string of the molecule is Cc1cc(N=Nc2c(O)ccc3ccccc23)c(S(=O)(=O)O)cc1Cl. The molecule has 25 heavy (non-hydrogen) atoms. The Balaban J connectivity index is 2.19. The Morgan fingerprint density at radius 3 is 2.48 bits per heavy atom. The van der Waals surface area contributed by atoms with Gasteiger partial charge in [0.15, 0.2) is 0 Å². The molecule has 8 heteroatoms. The van der Waals surface area contributed by atoms with Crippen LogP contribution in [0.15, 0.2) is 63.7 Å². The third-order valence-corrected chi connectivity index (χ3v) is 4.95. The summed E-state index contributed by atoms with van der Waals surface area (Å²) >= 11 is 5.92. The van der Waals surface area contributed by atoms with Crippen molar-refractivity contribution in [2.75, 3.05) is 0 Å². The first-order valence-electron chi connectivity index (χ1n) is 7.17. The molecule has 0 saturated heterocycles. The van der Waals surface area contributed by atoms with Gasteiger partial charge in [-0.2, -0.15) is 8.42 Å². The van der Waals surface area contributed by atoms with Crippen LogP contribution in [0.1, 0.15) is 5.56 Å².